The van der Waals surface area contributed by atoms with Gasteiger partial charge in [-0.25, -0.2) is 5.43 Å². The highest BCUT2D eigenvalue weighted by Gasteiger charge is 2.44. The normalized spacial score (nSPS) is 19.3. The first-order chi connectivity index (χ1) is 12.7. The summed E-state index contributed by atoms with van der Waals surface area (Å²) in [6.07, 6.45) is 2.28. The van der Waals surface area contributed by atoms with E-state index in [9.17, 15) is 9.90 Å². The van der Waals surface area contributed by atoms with E-state index in [0.717, 1.165) is 10.9 Å². The molecule has 2 N–H and O–H groups in total. The first kappa shape index (κ1) is 20.1. The first-order valence-corrected chi connectivity index (χ1v) is 10.4. The zero-order valence-electron chi connectivity index (χ0n) is 15.5. The Morgan fingerprint density at radius 1 is 1.22 bits per heavy atom. The number of carbonyl (C=O) groups is 1. The monoisotopic (exact) mass is 492 g/mol. The summed E-state index contributed by atoms with van der Waals surface area (Å²) >= 11 is 6.63. The summed E-state index contributed by atoms with van der Waals surface area (Å²) in [5, 5.41) is 14.0. The molecule has 0 spiro atoms. The number of hydrogen-bond donors (Lipinski definition) is 2. The fourth-order valence-electron chi connectivity index (χ4n) is 3.02. The van der Waals surface area contributed by atoms with E-state index in [1.54, 1.807) is 12.1 Å². The molecule has 0 heterocycles. The van der Waals surface area contributed by atoms with Crippen molar-refractivity contribution in [2.24, 2.45) is 11.0 Å². The fraction of sp³-hybridized carbons (Fsp3) is 0.333. The number of aromatic hydroxyl groups is 1. The number of carbonyl (C=O) groups excluding carboxylic acids is 1. The highest BCUT2D eigenvalue weighted by molar-refractivity contribution is 9.11. The summed E-state index contributed by atoms with van der Waals surface area (Å²) < 4.78 is 1.37. The predicted molar refractivity (Wildman–Crippen MR) is 115 cm³/mol. The maximum atomic E-state index is 12.3. The number of phenols is 1. The number of hydrogen-bond acceptors (Lipinski definition) is 3. The maximum absolute atomic E-state index is 12.3. The van der Waals surface area contributed by atoms with E-state index in [1.165, 1.54) is 17.3 Å². The number of hydrazone groups is 1. The molecule has 2 aromatic carbocycles. The van der Waals surface area contributed by atoms with E-state index >= 15 is 0 Å². The topological polar surface area (TPSA) is 61.7 Å². The van der Waals surface area contributed by atoms with Crippen molar-refractivity contribution in [2.75, 3.05) is 0 Å². The third-order valence-electron chi connectivity index (χ3n) is 4.77. The third-order valence-corrected chi connectivity index (χ3v) is 5.83. The van der Waals surface area contributed by atoms with Gasteiger partial charge >= 0.3 is 0 Å². The van der Waals surface area contributed by atoms with E-state index in [0.29, 0.717) is 10.0 Å². The summed E-state index contributed by atoms with van der Waals surface area (Å²) in [5.74, 6) is 0.192. The minimum absolute atomic E-state index is 0.0505. The smallest absolute Gasteiger partial charge is 0.243 e. The van der Waals surface area contributed by atoms with Crippen molar-refractivity contribution in [3.05, 3.63) is 62.0 Å². The lowest BCUT2D eigenvalue weighted by Gasteiger charge is -2.19. The number of rotatable bonds is 4. The van der Waals surface area contributed by atoms with Crippen LogP contribution in [-0.4, -0.2) is 17.2 Å². The second kappa shape index (κ2) is 7.76. The van der Waals surface area contributed by atoms with Gasteiger partial charge in [-0.3, -0.25) is 4.79 Å². The Kier molecular flexibility index (Phi) is 5.77. The van der Waals surface area contributed by atoms with Gasteiger partial charge in [0.25, 0.3) is 0 Å². The maximum Gasteiger partial charge on any atom is 0.243 e. The van der Waals surface area contributed by atoms with Gasteiger partial charge < -0.3 is 5.11 Å². The van der Waals surface area contributed by atoms with Crippen molar-refractivity contribution in [3.8, 4) is 5.75 Å². The molecule has 0 saturated heterocycles. The lowest BCUT2D eigenvalue weighted by atomic mass is 9.86. The summed E-state index contributed by atoms with van der Waals surface area (Å²) in [6, 6.07) is 12.0. The third kappa shape index (κ3) is 4.79. The highest BCUT2D eigenvalue weighted by atomic mass is 79.9. The van der Waals surface area contributed by atoms with E-state index in [4.69, 9.17) is 0 Å². The van der Waals surface area contributed by atoms with Gasteiger partial charge in [-0.15, -0.1) is 0 Å². The van der Waals surface area contributed by atoms with Crippen LogP contribution in [0.3, 0.4) is 0 Å². The van der Waals surface area contributed by atoms with E-state index in [1.807, 2.05) is 0 Å². The number of benzene rings is 2. The first-order valence-electron chi connectivity index (χ1n) is 8.78. The van der Waals surface area contributed by atoms with Gasteiger partial charge in [-0.2, -0.15) is 5.10 Å². The molecule has 1 amide bonds. The summed E-state index contributed by atoms with van der Waals surface area (Å²) in [4.78, 5) is 12.3. The van der Waals surface area contributed by atoms with Gasteiger partial charge in [0.15, 0.2) is 0 Å². The molecule has 1 aliphatic carbocycles. The second-order valence-electron chi connectivity index (χ2n) is 7.88. The fourth-order valence-corrected chi connectivity index (χ4v) is 4.27. The van der Waals surface area contributed by atoms with Crippen LogP contribution in [0.1, 0.15) is 49.8 Å². The average Bonchev–Trinajstić information content (AvgIpc) is 3.39. The Labute approximate surface area is 176 Å². The standard InChI is InChI=1S/C21H22Br2N2O2/c1-21(2,3)14-6-4-12(5-7-14)16-10-17(16)20(27)25-24-11-13-8-15(22)9-18(23)19(13)26/h4-9,11,16-17,26H,10H2,1-3H3,(H,25,27)/b24-11-. The lowest BCUT2D eigenvalue weighted by Crippen LogP contribution is -2.20. The molecular weight excluding hydrogens is 472 g/mol. The Balaban J connectivity index is 1.59. The molecule has 1 aliphatic rings. The number of nitrogens with one attached hydrogen (secondary N) is 1. The molecule has 1 saturated carbocycles. The zero-order chi connectivity index (χ0) is 19.8. The summed E-state index contributed by atoms with van der Waals surface area (Å²) in [6.45, 7) is 6.57. The van der Waals surface area contributed by atoms with Crippen molar-refractivity contribution in [3.63, 3.8) is 0 Å². The summed E-state index contributed by atoms with van der Waals surface area (Å²) in [5.41, 5.74) is 5.71. The molecular formula is C21H22Br2N2O2. The minimum atomic E-state index is -0.0929. The van der Waals surface area contributed by atoms with Crippen LogP contribution in [0.15, 0.2) is 50.4 Å². The Bertz CT molecular complexity index is 886. The van der Waals surface area contributed by atoms with Gasteiger partial charge in [0.05, 0.1) is 10.7 Å². The molecule has 2 unspecified atom stereocenters. The molecule has 1 fully saturated rings. The second-order valence-corrected chi connectivity index (χ2v) is 9.65. The Morgan fingerprint density at radius 2 is 1.89 bits per heavy atom. The van der Waals surface area contributed by atoms with Crippen molar-refractivity contribution >= 4 is 44.0 Å². The van der Waals surface area contributed by atoms with Gasteiger partial charge in [0.2, 0.25) is 5.91 Å². The average molecular weight is 494 g/mol. The van der Waals surface area contributed by atoms with Gasteiger partial charge in [-0.1, -0.05) is 61.0 Å². The Morgan fingerprint density at radius 3 is 2.52 bits per heavy atom. The van der Waals surface area contributed by atoms with E-state index in [2.05, 4.69) is 87.4 Å². The van der Waals surface area contributed by atoms with E-state index < -0.39 is 0 Å². The van der Waals surface area contributed by atoms with Crippen molar-refractivity contribution < 1.29 is 9.90 Å². The molecule has 0 aliphatic heterocycles. The highest BCUT2D eigenvalue weighted by Crippen LogP contribution is 2.47. The number of amides is 1. The SMILES string of the molecule is CC(C)(C)c1ccc(C2CC2C(=O)N/N=C\c2cc(Br)cc(Br)c2O)cc1. The van der Waals surface area contributed by atoms with Crippen molar-refractivity contribution in [1.29, 1.82) is 0 Å². The van der Waals surface area contributed by atoms with Crippen LogP contribution >= 0.6 is 31.9 Å². The molecule has 27 heavy (non-hydrogen) atoms. The van der Waals surface area contributed by atoms with Gasteiger partial charge in [-0.05, 0) is 56.9 Å². The van der Waals surface area contributed by atoms with Crippen LogP contribution in [0.2, 0.25) is 0 Å². The van der Waals surface area contributed by atoms with Gasteiger partial charge in [0, 0.05) is 16.0 Å². The van der Waals surface area contributed by atoms with Crippen LogP contribution in [-0.2, 0) is 10.2 Å². The van der Waals surface area contributed by atoms with Crippen LogP contribution in [0.25, 0.3) is 0 Å². The Hall–Kier alpha value is -1.66. The quantitative estimate of drug-likeness (QED) is 0.438. The van der Waals surface area contributed by atoms with Crippen molar-refractivity contribution in [1.82, 2.24) is 5.43 Å². The molecule has 0 bridgehead atoms. The number of phenolic OH excluding ortho intramolecular Hbond substituents is 1. The molecule has 142 valence electrons. The number of halogens is 2. The molecule has 2 aromatic rings. The van der Waals surface area contributed by atoms with Crippen LogP contribution in [0, 0.1) is 5.92 Å². The zero-order valence-corrected chi connectivity index (χ0v) is 18.6. The largest absolute Gasteiger partial charge is 0.506 e. The summed E-state index contributed by atoms with van der Waals surface area (Å²) in [7, 11) is 0. The van der Waals surface area contributed by atoms with Crippen LogP contribution < -0.4 is 5.43 Å². The predicted octanol–water partition coefficient (Wildman–Crippen LogP) is 5.47. The molecule has 4 nitrogen and oxygen atoms in total. The van der Waals surface area contributed by atoms with Crippen molar-refractivity contribution in [2.45, 2.75) is 38.5 Å². The molecule has 6 heteroatoms. The number of nitrogens with zero attached hydrogens (tertiary/aromatic N) is 1. The molecule has 0 radical (unpaired) electrons. The van der Waals surface area contributed by atoms with Crippen LogP contribution in [0.4, 0.5) is 0 Å². The van der Waals surface area contributed by atoms with E-state index in [-0.39, 0.29) is 28.9 Å². The molecule has 0 aromatic heterocycles. The minimum Gasteiger partial charge on any atom is -0.506 e. The lowest BCUT2D eigenvalue weighted by molar-refractivity contribution is -0.122. The van der Waals surface area contributed by atoms with Crippen LogP contribution in [0.5, 0.6) is 5.75 Å². The molecule has 3 rings (SSSR count). The molecule has 2 atom stereocenters. The van der Waals surface area contributed by atoms with Gasteiger partial charge in [0.1, 0.15) is 5.75 Å².